The Labute approximate surface area is 89.1 Å². The Morgan fingerprint density at radius 2 is 1.23 bits per heavy atom. The Hall–Kier alpha value is -0.437. The molecule has 0 aromatic heterocycles. The van der Waals surface area contributed by atoms with Gasteiger partial charge in [0.15, 0.2) is 0 Å². The normalized spacial score (nSPS) is 27.4. The first-order valence-electron chi connectivity index (χ1n) is 4.08. The Morgan fingerprint density at radius 3 is 1.46 bits per heavy atom. The second-order valence-corrected chi connectivity index (χ2v) is 3.17. The number of hydrogen-bond donors (Lipinski definition) is 2. The van der Waals surface area contributed by atoms with Gasteiger partial charge in [-0.25, -0.2) is 0 Å². The fourth-order valence-corrected chi connectivity index (χ4v) is 1.72. The molecule has 1 saturated carbocycles. The Bertz CT molecular complexity index is 182. The Kier molecular flexibility index (Phi) is 5.15. The van der Waals surface area contributed by atoms with Crippen molar-refractivity contribution >= 4 is 11.9 Å². The van der Waals surface area contributed by atoms with Gasteiger partial charge in [-0.15, -0.1) is 0 Å². The zero-order valence-corrected chi connectivity index (χ0v) is 8.79. The molecule has 1 fully saturated rings. The molecule has 76 valence electrons. The molecule has 2 unspecified atom stereocenters. The van der Waals surface area contributed by atoms with Crippen LogP contribution in [0.25, 0.3) is 0 Å². The molecule has 0 amide bonds. The van der Waals surface area contributed by atoms with E-state index in [0.29, 0.717) is 12.8 Å². The smallest absolute Gasteiger partial charge is 0.307 e. The summed E-state index contributed by atoms with van der Waals surface area (Å²) in [6.45, 7) is 0. The molecule has 1 aliphatic carbocycles. The molecule has 0 heterocycles. The number of rotatable bonds is 2. The summed E-state index contributed by atoms with van der Waals surface area (Å²) >= 11 is 0. The molecular formula is C8H12O4Ru. The van der Waals surface area contributed by atoms with E-state index in [9.17, 15) is 9.59 Å². The first-order chi connectivity index (χ1) is 5.63. The van der Waals surface area contributed by atoms with Gasteiger partial charge in [-0.1, -0.05) is 12.8 Å². The summed E-state index contributed by atoms with van der Waals surface area (Å²) in [5.74, 6) is -3.28. The van der Waals surface area contributed by atoms with Crippen molar-refractivity contribution in [3.63, 3.8) is 0 Å². The maximum Gasteiger partial charge on any atom is 0.307 e. The fourth-order valence-electron chi connectivity index (χ4n) is 1.72. The zero-order valence-electron chi connectivity index (χ0n) is 7.05. The van der Waals surface area contributed by atoms with Crippen LogP contribution in [0.4, 0.5) is 0 Å². The molecule has 0 aromatic carbocycles. The zero-order chi connectivity index (χ0) is 9.14. The van der Waals surface area contributed by atoms with Crippen LogP contribution in [0.3, 0.4) is 0 Å². The van der Waals surface area contributed by atoms with Gasteiger partial charge >= 0.3 is 11.9 Å². The molecule has 0 aromatic rings. The minimum atomic E-state index is -0.970. The molecule has 0 aliphatic heterocycles. The predicted octanol–water partition coefficient (Wildman–Crippen LogP) is 0.960. The van der Waals surface area contributed by atoms with E-state index in [1.807, 2.05) is 0 Å². The van der Waals surface area contributed by atoms with Crippen LogP contribution in [0.15, 0.2) is 0 Å². The van der Waals surface area contributed by atoms with E-state index in [4.69, 9.17) is 10.2 Å². The Morgan fingerprint density at radius 1 is 0.923 bits per heavy atom. The molecule has 0 radical (unpaired) electrons. The van der Waals surface area contributed by atoms with Gasteiger partial charge in [0.25, 0.3) is 0 Å². The van der Waals surface area contributed by atoms with Crippen LogP contribution in [0.1, 0.15) is 25.7 Å². The van der Waals surface area contributed by atoms with Gasteiger partial charge in [0.05, 0.1) is 11.8 Å². The van der Waals surface area contributed by atoms with Crippen LogP contribution in [-0.4, -0.2) is 22.2 Å². The second kappa shape index (κ2) is 5.33. The van der Waals surface area contributed by atoms with Crippen molar-refractivity contribution in [3.8, 4) is 0 Å². The number of hydrogen-bond acceptors (Lipinski definition) is 2. The van der Waals surface area contributed by atoms with E-state index >= 15 is 0 Å². The molecule has 13 heavy (non-hydrogen) atoms. The summed E-state index contributed by atoms with van der Waals surface area (Å²) in [6.07, 6.45) is 2.68. The number of aliphatic carboxylic acids is 2. The van der Waals surface area contributed by atoms with E-state index in [-0.39, 0.29) is 19.5 Å². The predicted molar refractivity (Wildman–Crippen MR) is 40.7 cm³/mol. The average Bonchev–Trinajstić information content (AvgIpc) is 2.04. The first kappa shape index (κ1) is 12.6. The van der Waals surface area contributed by atoms with Gasteiger partial charge < -0.3 is 10.2 Å². The third-order valence-electron chi connectivity index (χ3n) is 2.40. The maximum absolute atomic E-state index is 10.6. The van der Waals surface area contributed by atoms with Crippen LogP contribution in [0.2, 0.25) is 0 Å². The standard InChI is InChI=1S/C8H12O4.Ru/c9-7(10)5-3-1-2-4-6(5)8(11)12;/h5-6H,1-4H2,(H,9,10)(H,11,12);. The molecule has 2 atom stereocenters. The van der Waals surface area contributed by atoms with Crippen molar-refractivity contribution in [1.82, 2.24) is 0 Å². The second-order valence-electron chi connectivity index (χ2n) is 3.17. The van der Waals surface area contributed by atoms with Crippen molar-refractivity contribution in [2.45, 2.75) is 25.7 Å². The molecule has 5 heteroatoms. The monoisotopic (exact) mass is 274 g/mol. The van der Waals surface area contributed by atoms with Crippen molar-refractivity contribution in [2.24, 2.45) is 11.8 Å². The molecule has 1 rings (SSSR count). The largest absolute Gasteiger partial charge is 0.481 e. The summed E-state index contributed by atoms with van der Waals surface area (Å²) in [5.41, 5.74) is 0. The van der Waals surface area contributed by atoms with Crippen LogP contribution in [0.5, 0.6) is 0 Å². The Balaban J connectivity index is 0.00000144. The van der Waals surface area contributed by atoms with Gasteiger partial charge in [0, 0.05) is 19.5 Å². The van der Waals surface area contributed by atoms with Crippen LogP contribution < -0.4 is 0 Å². The average molecular weight is 273 g/mol. The van der Waals surface area contributed by atoms with E-state index in [2.05, 4.69) is 0 Å². The molecule has 2 N–H and O–H groups in total. The quantitative estimate of drug-likeness (QED) is 0.735. The maximum atomic E-state index is 10.6. The topological polar surface area (TPSA) is 74.6 Å². The SMILES string of the molecule is O=C(O)C1CCCCC1C(=O)O.[Ru]. The summed E-state index contributed by atoms with van der Waals surface area (Å²) in [4.78, 5) is 21.2. The van der Waals surface area contributed by atoms with Gasteiger partial charge in [-0.05, 0) is 12.8 Å². The van der Waals surface area contributed by atoms with Crippen LogP contribution >= 0.6 is 0 Å². The van der Waals surface area contributed by atoms with Crippen molar-refractivity contribution < 1.29 is 39.3 Å². The molecular weight excluding hydrogens is 261 g/mol. The first-order valence-corrected chi connectivity index (χ1v) is 4.08. The third-order valence-corrected chi connectivity index (χ3v) is 2.40. The van der Waals surface area contributed by atoms with E-state index in [0.717, 1.165) is 12.8 Å². The van der Waals surface area contributed by atoms with Gasteiger partial charge in [0.1, 0.15) is 0 Å². The van der Waals surface area contributed by atoms with E-state index in [1.165, 1.54) is 0 Å². The molecule has 1 aliphatic rings. The van der Waals surface area contributed by atoms with Gasteiger partial charge in [-0.2, -0.15) is 0 Å². The molecule has 0 saturated heterocycles. The van der Waals surface area contributed by atoms with Crippen molar-refractivity contribution in [2.75, 3.05) is 0 Å². The third kappa shape index (κ3) is 3.07. The number of carboxylic acid groups (broad SMARTS) is 2. The summed E-state index contributed by atoms with van der Waals surface area (Å²) in [5, 5.41) is 17.4. The summed E-state index contributed by atoms with van der Waals surface area (Å²) in [7, 11) is 0. The summed E-state index contributed by atoms with van der Waals surface area (Å²) < 4.78 is 0. The fraction of sp³-hybridized carbons (Fsp3) is 0.750. The van der Waals surface area contributed by atoms with E-state index < -0.39 is 23.8 Å². The van der Waals surface area contributed by atoms with Crippen LogP contribution in [0, 0.1) is 11.8 Å². The van der Waals surface area contributed by atoms with Crippen molar-refractivity contribution in [3.05, 3.63) is 0 Å². The number of carboxylic acids is 2. The summed E-state index contributed by atoms with van der Waals surface area (Å²) in [6, 6.07) is 0. The van der Waals surface area contributed by atoms with E-state index in [1.54, 1.807) is 0 Å². The number of carbonyl (C=O) groups is 2. The molecule has 4 nitrogen and oxygen atoms in total. The minimum absolute atomic E-state index is 0. The molecule has 0 bridgehead atoms. The van der Waals surface area contributed by atoms with Gasteiger partial charge in [0.2, 0.25) is 0 Å². The molecule has 0 spiro atoms. The van der Waals surface area contributed by atoms with Crippen molar-refractivity contribution in [1.29, 1.82) is 0 Å². The van der Waals surface area contributed by atoms with Gasteiger partial charge in [-0.3, -0.25) is 9.59 Å². The van der Waals surface area contributed by atoms with Crippen LogP contribution in [-0.2, 0) is 29.1 Å². The minimum Gasteiger partial charge on any atom is -0.481 e.